The SMILES string of the molecule is Bc1ccc(NC(=O)c2cnn(C)c2NC(=O)C[C@@H]2CCN(C(=O)C3CC3)C2)cc1. The summed E-state index contributed by atoms with van der Waals surface area (Å²) in [7, 11) is 3.66. The molecular formula is C21H26BN5O3. The van der Waals surface area contributed by atoms with Crippen molar-refractivity contribution in [1.82, 2.24) is 14.7 Å². The number of amides is 3. The van der Waals surface area contributed by atoms with Crippen LogP contribution in [0.3, 0.4) is 0 Å². The lowest BCUT2D eigenvalue weighted by molar-refractivity contribution is -0.131. The number of carbonyl (C=O) groups excluding carboxylic acids is 3. The van der Waals surface area contributed by atoms with Crippen molar-refractivity contribution in [2.45, 2.75) is 25.7 Å². The van der Waals surface area contributed by atoms with Gasteiger partial charge in [-0.3, -0.25) is 19.1 Å². The van der Waals surface area contributed by atoms with Crippen LogP contribution >= 0.6 is 0 Å². The number of nitrogens with one attached hydrogen (secondary N) is 2. The van der Waals surface area contributed by atoms with Gasteiger partial charge in [0, 0.05) is 38.2 Å². The van der Waals surface area contributed by atoms with E-state index in [2.05, 4.69) is 15.7 Å². The first-order chi connectivity index (χ1) is 14.4. The van der Waals surface area contributed by atoms with Gasteiger partial charge >= 0.3 is 0 Å². The van der Waals surface area contributed by atoms with Crippen LogP contribution in [0, 0.1) is 11.8 Å². The van der Waals surface area contributed by atoms with Gasteiger partial charge in [0.05, 0.1) is 6.20 Å². The van der Waals surface area contributed by atoms with Gasteiger partial charge in [-0.15, -0.1) is 0 Å². The van der Waals surface area contributed by atoms with E-state index in [9.17, 15) is 14.4 Å². The summed E-state index contributed by atoms with van der Waals surface area (Å²) in [6.45, 7) is 1.36. The van der Waals surface area contributed by atoms with Crippen LogP contribution in [-0.4, -0.2) is 53.3 Å². The van der Waals surface area contributed by atoms with E-state index in [0.717, 1.165) is 31.3 Å². The molecule has 1 saturated carbocycles. The Balaban J connectivity index is 1.35. The first kappa shape index (κ1) is 20.2. The molecule has 1 aromatic heterocycles. The van der Waals surface area contributed by atoms with E-state index >= 15 is 0 Å². The molecule has 2 N–H and O–H groups in total. The molecule has 2 heterocycles. The highest BCUT2D eigenvalue weighted by Gasteiger charge is 2.37. The monoisotopic (exact) mass is 407 g/mol. The van der Waals surface area contributed by atoms with Gasteiger partial charge in [-0.05, 0) is 37.3 Å². The second-order valence-electron chi connectivity index (χ2n) is 8.32. The van der Waals surface area contributed by atoms with Crippen molar-refractivity contribution in [3.05, 3.63) is 36.0 Å². The van der Waals surface area contributed by atoms with Gasteiger partial charge in [-0.25, -0.2) is 0 Å². The topological polar surface area (TPSA) is 96.3 Å². The third-order valence-electron chi connectivity index (χ3n) is 5.75. The molecule has 0 bridgehead atoms. The third kappa shape index (κ3) is 4.55. The summed E-state index contributed by atoms with van der Waals surface area (Å²) >= 11 is 0. The zero-order valence-corrected chi connectivity index (χ0v) is 17.4. The van der Waals surface area contributed by atoms with E-state index in [1.54, 1.807) is 7.05 Å². The Morgan fingerprint density at radius 2 is 1.87 bits per heavy atom. The molecule has 30 heavy (non-hydrogen) atoms. The minimum atomic E-state index is -0.329. The zero-order valence-electron chi connectivity index (χ0n) is 17.4. The Labute approximate surface area is 176 Å². The Morgan fingerprint density at radius 3 is 2.57 bits per heavy atom. The first-order valence-corrected chi connectivity index (χ1v) is 10.4. The fourth-order valence-electron chi connectivity index (χ4n) is 3.82. The second-order valence-corrected chi connectivity index (χ2v) is 8.32. The molecule has 1 atom stereocenters. The highest BCUT2D eigenvalue weighted by Crippen LogP contribution is 2.33. The van der Waals surface area contributed by atoms with Crippen molar-refractivity contribution in [2.24, 2.45) is 18.9 Å². The summed E-state index contributed by atoms with van der Waals surface area (Å²) in [5, 5.41) is 9.80. The fraction of sp³-hybridized carbons (Fsp3) is 0.429. The maximum atomic E-state index is 12.7. The lowest BCUT2D eigenvalue weighted by Gasteiger charge is -2.16. The number of likely N-dealkylation sites (tertiary alicyclic amines) is 1. The average Bonchev–Trinajstić information content (AvgIpc) is 3.37. The molecule has 156 valence electrons. The lowest BCUT2D eigenvalue weighted by atomic mass is 9.96. The lowest BCUT2D eigenvalue weighted by Crippen LogP contribution is -2.30. The summed E-state index contributed by atoms with van der Waals surface area (Å²) in [4.78, 5) is 39.4. The Kier molecular flexibility index (Phi) is 5.61. The number of carbonyl (C=O) groups is 3. The summed E-state index contributed by atoms with van der Waals surface area (Å²) < 4.78 is 1.49. The van der Waals surface area contributed by atoms with E-state index in [1.165, 1.54) is 10.9 Å². The second kappa shape index (κ2) is 8.34. The summed E-state index contributed by atoms with van der Waals surface area (Å²) in [5.74, 6) is 0.457. The molecule has 2 aliphatic rings. The molecule has 0 radical (unpaired) electrons. The largest absolute Gasteiger partial charge is 0.342 e. The van der Waals surface area contributed by atoms with Gasteiger partial charge in [0.25, 0.3) is 5.91 Å². The van der Waals surface area contributed by atoms with Crippen LogP contribution < -0.4 is 16.1 Å². The Hall–Kier alpha value is -3.10. The van der Waals surface area contributed by atoms with Crippen LogP contribution in [0.2, 0.25) is 0 Å². The molecule has 1 aliphatic heterocycles. The maximum absolute atomic E-state index is 12.7. The predicted molar refractivity (Wildman–Crippen MR) is 116 cm³/mol. The molecule has 2 aromatic rings. The molecular weight excluding hydrogens is 381 g/mol. The van der Waals surface area contributed by atoms with Gasteiger partial charge in [0.1, 0.15) is 19.2 Å². The van der Waals surface area contributed by atoms with Crippen LogP contribution in [-0.2, 0) is 16.6 Å². The predicted octanol–water partition coefficient (Wildman–Crippen LogP) is 0.518. The molecule has 1 aliphatic carbocycles. The summed E-state index contributed by atoms with van der Waals surface area (Å²) in [5.41, 5.74) is 2.09. The Bertz CT molecular complexity index is 968. The van der Waals surface area contributed by atoms with Crippen LogP contribution in [0.5, 0.6) is 0 Å². The minimum Gasteiger partial charge on any atom is -0.342 e. The summed E-state index contributed by atoms with van der Waals surface area (Å²) in [6, 6.07) is 7.49. The maximum Gasteiger partial charge on any atom is 0.261 e. The number of aryl methyl sites for hydroxylation is 1. The van der Waals surface area contributed by atoms with Crippen LogP contribution in [0.4, 0.5) is 11.5 Å². The van der Waals surface area contributed by atoms with Crippen molar-refractivity contribution < 1.29 is 14.4 Å². The van der Waals surface area contributed by atoms with Crippen molar-refractivity contribution in [1.29, 1.82) is 0 Å². The zero-order chi connectivity index (χ0) is 21.3. The highest BCUT2D eigenvalue weighted by molar-refractivity contribution is 6.32. The van der Waals surface area contributed by atoms with Crippen LogP contribution in [0.15, 0.2) is 30.5 Å². The molecule has 0 spiro atoms. The van der Waals surface area contributed by atoms with E-state index < -0.39 is 0 Å². The number of nitrogens with zero attached hydrogens (tertiary/aromatic N) is 3. The van der Waals surface area contributed by atoms with Crippen molar-refractivity contribution in [2.75, 3.05) is 23.7 Å². The molecule has 0 unspecified atom stereocenters. The first-order valence-electron chi connectivity index (χ1n) is 10.4. The van der Waals surface area contributed by atoms with E-state index in [-0.39, 0.29) is 29.6 Å². The quantitative estimate of drug-likeness (QED) is 0.683. The average molecular weight is 407 g/mol. The molecule has 9 heteroatoms. The van der Waals surface area contributed by atoms with Crippen LogP contribution in [0.25, 0.3) is 0 Å². The molecule has 3 amide bonds. The number of hydrogen-bond acceptors (Lipinski definition) is 4. The number of anilines is 2. The number of benzene rings is 1. The number of rotatable bonds is 6. The van der Waals surface area contributed by atoms with Gasteiger partial charge in [0.2, 0.25) is 11.8 Å². The van der Waals surface area contributed by atoms with E-state index in [0.29, 0.717) is 30.0 Å². The van der Waals surface area contributed by atoms with Gasteiger partial charge in [-0.2, -0.15) is 5.10 Å². The van der Waals surface area contributed by atoms with E-state index in [1.807, 2.05) is 37.0 Å². The van der Waals surface area contributed by atoms with Crippen molar-refractivity contribution in [3.8, 4) is 0 Å². The van der Waals surface area contributed by atoms with E-state index in [4.69, 9.17) is 0 Å². The number of aromatic nitrogens is 2. The highest BCUT2D eigenvalue weighted by atomic mass is 16.2. The molecule has 8 nitrogen and oxygen atoms in total. The van der Waals surface area contributed by atoms with Crippen LogP contribution in [0.1, 0.15) is 36.0 Å². The van der Waals surface area contributed by atoms with Crippen molar-refractivity contribution >= 4 is 42.5 Å². The fourth-order valence-corrected chi connectivity index (χ4v) is 3.82. The normalized spacial score (nSPS) is 18.3. The molecule has 1 aromatic carbocycles. The molecule has 2 fully saturated rings. The molecule has 1 saturated heterocycles. The third-order valence-corrected chi connectivity index (χ3v) is 5.75. The smallest absolute Gasteiger partial charge is 0.261 e. The van der Waals surface area contributed by atoms with Gasteiger partial charge < -0.3 is 15.5 Å². The standard InChI is InChI=1S/C21H26BN5O3/c1-26-19(17(11-23-26)20(29)24-16-6-4-15(22)5-7-16)25-18(28)10-13-8-9-27(12-13)21(30)14-2-3-14/h4-7,11,13-14H,2-3,8-10,12,22H2,1H3,(H,24,29)(H,25,28)/t13-/m0/s1. The molecule has 4 rings (SSSR count). The minimum absolute atomic E-state index is 0.144. The van der Waals surface area contributed by atoms with Gasteiger partial charge in [-0.1, -0.05) is 17.6 Å². The Morgan fingerprint density at radius 1 is 1.13 bits per heavy atom. The van der Waals surface area contributed by atoms with Crippen molar-refractivity contribution in [3.63, 3.8) is 0 Å². The summed E-state index contributed by atoms with van der Waals surface area (Å²) in [6.07, 6.45) is 4.59. The number of hydrogen-bond donors (Lipinski definition) is 2. The van der Waals surface area contributed by atoms with Gasteiger partial charge in [0.15, 0.2) is 0 Å².